The molecule has 0 fully saturated rings. The van der Waals surface area contributed by atoms with Crippen molar-refractivity contribution in [3.63, 3.8) is 0 Å². The van der Waals surface area contributed by atoms with Gasteiger partial charge in [-0.3, -0.25) is 19.3 Å². The average molecular weight is 983 g/mol. The topological polar surface area (TPSA) is 170 Å². The lowest BCUT2D eigenvalue weighted by Crippen LogP contribution is -2.31. The highest BCUT2D eigenvalue weighted by atomic mass is 35.5. The Bertz CT molecular complexity index is 2720. The fraction of sp³-hybridized carbons (Fsp3) is 0.238. The Hall–Kier alpha value is -5.30. The molecule has 332 valence electrons. The Kier molecular flexibility index (Phi) is 18.1. The SMILES string of the molecule is COC(=O)C(C)Oc1ccc(Oc2ccc(Cl)cc2Cl)cc1.COC(=O)CSc1cc(N=c2sc(=O)n3n2CCCC3)c(F)cc1Cl.O=C(O)COc1ccc(Cl)c2cccnc12. The number of fused-ring (bicyclic) bond motifs is 2. The van der Waals surface area contributed by atoms with Gasteiger partial charge < -0.3 is 28.8 Å². The predicted molar refractivity (Wildman–Crippen MR) is 240 cm³/mol. The van der Waals surface area contributed by atoms with Crippen molar-refractivity contribution in [2.75, 3.05) is 26.6 Å². The number of hydrogen-bond donors (Lipinski definition) is 1. The molecule has 2 aromatic heterocycles. The summed E-state index contributed by atoms with van der Waals surface area (Å²) in [4.78, 5) is 54.3. The molecule has 7 rings (SSSR count). The van der Waals surface area contributed by atoms with E-state index in [-0.39, 0.29) is 21.3 Å². The molecular weight excluding hydrogens is 945 g/mol. The van der Waals surface area contributed by atoms with Crippen LogP contribution in [0.4, 0.5) is 10.1 Å². The first-order valence-corrected chi connectivity index (χ1v) is 21.9. The van der Waals surface area contributed by atoms with Crippen LogP contribution in [0.15, 0.2) is 99.7 Å². The van der Waals surface area contributed by atoms with Crippen LogP contribution in [0.3, 0.4) is 0 Å². The van der Waals surface area contributed by atoms with Gasteiger partial charge in [-0.1, -0.05) is 46.4 Å². The second kappa shape index (κ2) is 23.4. The van der Waals surface area contributed by atoms with Gasteiger partial charge in [-0.15, -0.1) is 11.8 Å². The number of carboxylic acids is 1. The van der Waals surface area contributed by atoms with Gasteiger partial charge in [0.25, 0.3) is 0 Å². The molecule has 0 bridgehead atoms. The first kappa shape index (κ1) is 48.7. The largest absolute Gasteiger partial charge is 0.480 e. The quantitative estimate of drug-likeness (QED) is 0.0911. The number of pyridine rings is 1. The number of esters is 2. The summed E-state index contributed by atoms with van der Waals surface area (Å²) in [7, 11) is 2.61. The van der Waals surface area contributed by atoms with Crippen LogP contribution < -0.4 is 23.9 Å². The molecule has 3 heterocycles. The van der Waals surface area contributed by atoms with E-state index in [2.05, 4.69) is 19.5 Å². The monoisotopic (exact) mass is 980 g/mol. The van der Waals surface area contributed by atoms with E-state index in [4.69, 9.17) is 65.7 Å². The van der Waals surface area contributed by atoms with Gasteiger partial charge in [-0.05, 0) is 110 Å². The maximum atomic E-state index is 14.3. The number of carbonyl (C=O) groups excluding carboxylic acids is 2. The second-order valence-electron chi connectivity index (χ2n) is 12.9. The van der Waals surface area contributed by atoms with Gasteiger partial charge in [0.2, 0.25) is 4.80 Å². The van der Waals surface area contributed by atoms with Crippen molar-refractivity contribution in [3.05, 3.63) is 125 Å². The smallest absolute Gasteiger partial charge is 0.346 e. The lowest BCUT2D eigenvalue weighted by Gasteiger charge is -2.15. The number of nitrogens with zero attached hydrogens (tertiary/aromatic N) is 4. The first-order valence-electron chi connectivity index (χ1n) is 18.6. The molecule has 0 spiro atoms. The van der Waals surface area contributed by atoms with Crippen molar-refractivity contribution in [2.24, 2.45) is 4.99 Å². The van der Waals surface area contributed by atoms with Crippen LogP contribution in [-0.2, 0) is 36.9 Å². The van der Waals surface area contributed by atoms with Gasteiger partial charge in [-0.25, -0.2) is 23.7 Å². The van der Waals surface area contributed by atoms with Crippen LogP contribution in [0.2, 0.25) is 20.1 Å². The zero-order valence-electron chi connectivity index (χ0n) is 33.5. The number of hydrogen-bond acceptors (Lipinski definition) is 13. The molecule has 0 saturated heterocycles. The molecule has 1 aliphatic heterocycles. The molecular formula is C42H37Cl4FN4O10S2. The summed E-state index contributed by atoms with van der Waals surface area (Å²) in [6.07, 6.45) is 2.82. The predicted octanol–water partition coefficient (Wildman–Crippen LogP) is 9.87. The number of ether oxygens (including phenoxy) is 5. The number of aromatic nitrogens is 3. The summed E-state index contributed by atoms with van der Waals surface area (Å²) in [6.45, 7) is 2.54. The third kappa shape index (κ3) is 13.8. The molecule has 1 N–H and O–H groups in total. The van der Waals surface area contributed by atoms with Gasteiger partial charge in [-0.2, -0.15) is 0 Å². The first-order chi connectivity index (χ1) is 30.2. The summed E-state index contributed by atoms with van der Waals surface area (Å²) >= 11 is 26.0. The standard InChI is InChI=1S/C16H14Cl2O4.C15H15ClFN3O3S2.C11H8ClNO3/c1-10(16(19)20-2)21-12-4-6-13(7-5-12)22-15-8-3-11(17)9-14(15)18;1-23-13(21)8-24-12-7-11(10(17)6-9(12)16)18-14-19-4-2-3-5-20(19)15(22)25-14;12-8-3-4-9(16-6-10(14)15)11-7(8)2-1-5-13-11/h3-10H,1-2H3;6-7H,2-5,8H2,1H3;1-5H,6H2,(H,14,15). The molecule has 1 unspecified atom stereocenters. The maximum absolute atomic E-state index is 14.3. The minimum Gasteiger partial charge on any atom is -0.480 e. The minimum absolute atomic E-state index is 0.0605. The van der Waals surface area contributed by atoms with Gasteiger partial charge in [0.15, 0.2) is 12.7 Å². The Labute approximate surface area is 387 Å². The molecule has 0 aliphatic carbocycles. The summed E-state index contributed by atoms with van der Waals surface area (Å²) in [5, 5.41) is 11.0. The summed E-state index contributed by atoms with van der Waals surface area (Å²) in [5.41, 5.74) is 0.649. The zero-order chi connectivity index (χ0) is 45.6. The lowest BCUT2D eigenvalue weighted by molar-refractivity contribution is -0.148. The molecule has 0 saturated carbocycles. The number of thioether (sulfide) groups is 1. The van der Waals surface area contributed by atoms with E-state index < -0.39 is 36.4 Å². The fourth-order valence-corrected chi connectivity index (χ4v) is 8.14. The third-order valence-electron chi connectivity index (χ3n) is 8.50. The van der Waals surface area contributed by atoms with Gasteiger partial charge in [0.05, 0.1) is 35.0 Å². The zero-order valence-corrected chi connectivity index (χ0v) is 38.2. The lowest BCUT2D eigenvalue weighted by atomic mass is 10.2. The van der Waals surface area contributed by atoms with Crippen molar-refractivity contribution in [2.45, 2.75) is 43.9 Å². The normalized spacial score (nSPS) is 12.4. The van der Waals surface area contributed by atoms with Crippen LogP contribution in [0, 0.1) is 5.82 Å². The van der Waals surface area contributed by atoms with Crippen LogP contribution >= 0.6 is 69.5 Å². The van der Waals surface area contributed by atoms with Gasteiger partial charge >= 0.3 is 22.8 Å². The Morgan fingerprint density at radius 2 is 1.59 bits per heavy atom. The molecule has 14 nitrogen and oxygen atoms in total. The van der Waals surface area contributed by atoms with E-state index in [0.717, 1.165) is 47.4 Å². The van der Waals surface area contributed by atoms with Crippen molar-refractivity contribution in [1.29, 1.82) is 0 Å². The highest BCUT2D eigenvalue weighted by Gasteiger charge is 2.17. The van der Waals surface area contributed by atoms with E-state index in [1.54, 1.807) is 89.2 Å². The molecule has 4 aromatic carbocycles. The molecule has 1 atom stereocenters. The second-order valence-corrected chi connectivity index (χ2v) is 16.5. The molecule has 0 radical (unpaired) electrons. The number of carbonyl (C=O) groups is 3. The van der Waals surface area contributed by atoms with Crippen molar-refractivity contribution in [1.82, 2.24) is 14.3 Å². The number of benzene rings is 4. The maximum Gasteiger partial charge on any atom is 0.346 e. The molecule has 21 heteroatoms. The minimum atomic E-state index is -1.03. The number of carboxylic acid groups (broad SMARTS) is 1. The van der Waals surface area contributed by atoms with Crippen molar-refractivity contribution in [3.8, 4) is 23.0 Å². The van der Waals surface area contributed by atoms with Gasteiger partial charge in [0.1, 0.15) is 40.0 Å². The number of aliphatic carboxylic acids is 1. The summed E-state index contributed by atoms with van der Waals surface area (Å²) < 4.78 is 43.1. The van der Waals surface area contributed by atoms with E-state index >= 15 is 0 Å². The summed E-state index contributed by atoms with van der Waals surface area (Å²) in [6, 6.07) is 21.3. The number of rotatable bonds is 12. The van der Waals surface area contributed by atoms with Crippen LogP contribution in [-0.4, -0.2) is 70.0 Å². The van der Waals surface area contributed by atoms with E-state index in [1.165, 1.54) is 20.3 Å². The molecule has 0 amide bonds. The Morgan fingerprint density at radius 3 is 2.27 bits per heavy atom. The Balaban J connectivity index is 0.000000182. The Morgan fingerprint density at radius 1 is 0.889 bits per heavy atom. The fourth-order valence-electron chi connectivity index (χ4n) is 5.49. The van der Waals surface area contributed by atoms with Crippen LogP contribution in [0.25, 0.3) is 10.9 Å². The number of methoxy groups -OCH3 is 2. The summed E-state index contributed by atoms with van der Waals surface area (Å²) in [5.74, 6) is -0.347. The van der Waals surface area contributed by atoms with Crippen LogP contribution in [0.5, 0.6) is 23.0 Å². The molecule has 63 heavy (non-hydrogen) atoms. The highest BCUT2D eigenvalue weighted by molar-refractivity contribution is 8.00. The number of halogens is 5. The molecule has 6 aromatic rings. The van der Waals surface area contributed by atoms with E-state index in [1.807, 2.05) is 0 Å². The average Bonchev–Trinajstić information content (AvgIpc) is 3.59. The van der Waals surface area contributed by atoms with Crippen molar-refractivity contribution < 1.29 is 47.6 Å². The van der Waals surface area contributed by atoms with Gasteiger partial charge in [0, 0.05) is 34.6 Å². The van der Waals surface area contributed by atoms with Crippen LogP contribution in [0.1, 0.15) is 19.8 Å². The highest BCUT2D eigenvalue weighted by Crippen LogP contribution is 2.34. The van der Waals surface area contributed by atoms with Crippen molar-refractivity contribution >= 4 is 104 Å². The van der Waals surface area contributed by atoms with E-state index in [0.29, 0.717) is 66.4 Å². The van der Waals surface area contributed by atoms with E-state index in [9.17, 15) is 23.6 Å². The third-order valence-corrected chi connectivity index (χ3v) is 11.7. The molecule has 1 aliphatic rings.